The molecule has 0 amide bonds. The van der Waals surface area contributed by atoms with Gasteiger partial charge in [-0.25, -0.2) is 4.57 Å². The first-order valence-corrected chi connectivity index (χ1v) is 10.8. The standard InChI is InChI=1S/C24H37N2/c1-3-5-7-9-11-13-22-16-19-26(20-17-22)24-21-23(15-18-25-24)14-12-10-8-6-4-2/h15-21H,3-14H2,1-2H3/q+1. The summed E-state index contributed by atoms with van der Waals surface area (Å²) in [5.74, 6) is 1.03. The molecule has 0 aliphatic rings. The quantitative estimate of drug-likeness (QED) is 0.301. The van der Waals surface area contributed by atoms with Crippen LogP contribution >= 0.6 is 0 Å². The lowest BCUT2D eigenvalue weighted by Crippen LogP contribution is -2.30. The van der Waals surface area contributed by atoms with E-state index in [2.05, 4.69) is 60.1 Å². The summed E-state index contributed by atoms with van der Waals surface area (Å²) in [5, 5.41) is 0. The minimum Gasteiger partial charge on any atom is -0.203 e. The van der Waals surface area contributed by atoms with Crippen molar-refractivity contribution in [2.24, 2.45) is 0 Å². The Balaban J connectivity index is 1.83. The second-order valence-corrected chi connectivity index (χ2v) is 7.46. The Morgan fingerprint density at radius 1 is 0.692 bits per heavy atom. The Morgan fingerprint density at radius 3 is 1.88 bits per heavy atom. The summed E-state index contributed by atoms with van der Waals surface area (Å²) in [6, 6.07) is 8.90. The SMILES string of the molecule is CCCCCCCc1cc[n+](-c2cc(CCCCCCC)ccn2)cc1. The van der Waals surface area contributed by atoms with Crippen LogP contribution in [0.25, 0.3) is 5.82 Å². The van der Waals surface area contributed by atoms with Gasteiger partial charge in [-0.05, 0) is 60.0 Å². The van der Waals surface area contributed by atoms with Crippen LogP contribution in [0.5, 0.6) is 0 Å². The van der Waals surface area contributed by atoms with Crippen LogP contribution in [0.15, 0.2) is 42.9 Å². The predicted molar refractivity (Wildman–Crippen MR) is 111 cm³/mol. The number of unbranched alkanes of at least 4 members (excludes halogenated alkanes) is 8. The third-order valence-corrected chi connectivity index (χ3v) is 5.11. The fraction of sp³-hybridized carbons (Fsp3) is 0.583. The zero-order valence-corrected chi connectivity index (χ0v) is 16.9. The van der Waals surface area contributed by atoms with Crippen molar-refractivity contribution in [2.75, 3.05) is 0 Å². The molecule has 0 unspecified atom stereocenters. The lowest BCUT2D eigenvalue weighted by molar-refractivity contribution is -0.599. The van der Waals surface area contributed by atoms with E-state index in [-0.39, 0.29) is 0 Å². The topological polar surface area (TPSA) is 16.8 Å². The van der Waals surface area contributed by atoms with E-state index in [0.717, 1.165) is 12.2 Å². The molecule has 0 bridgehead atoms. The first-order chi connectivity index (χ1) is 12.8. The largest absolute Gasteiger partial charge is 0.327 e. The van der Waals surface area contributed by atoms with E-state index in [0.29, 0.717) is 0 Å². The third-order valence-electron chi connectivity index (χ3n) is 5.11. The molecule has 142 valence electrons. The van der Waals surface area contributed by atoms with Crippen molar-refractivity contribution in [3.05, 3.63) is 54.0 Å². The van der Waals surface area contributed by atoms with Crippen LogP contribution in [0.2, 0.25) is 0 Å². The lowest BCUT2D eigenvalue weighted by Gasteiger charge is -2.04. The van der Waals surface area contributed by atoms with E-state index in [1.54, 1.807) is 0 Å². The summed E-state index contributed by atoms with van der Waals surface area (Å²) in [4.78, 5) is 4.56. The molecule has 2 rings (SSSR count). The molecule has 0 N–H and O–H groups in total. The number of nitrogens with zero attached hydrogens (tertiary/aromatic N) is 2. The van der Waals surface area contributed by atoms with Crippen molar-refractivity contribution in [3.8, 4) is 5.82 Å². The minimum atomic E-state index is 1.03. The maximum atomic E-state index is 4.56. The van der Waals surface area contributed by atoms with Crippen LogP contribution in [-0.2, 0) is 12.8 Å². The van der Waals surface area contributed by atoms with Crippen LogP contribution < -0.4 is 4.57 Å². The van der Waals surface area contributed by atoms with Crippen LogP contribution in [0.3, 0.4) is 0 Å². The van der Waals surface area contributed by atoms with Gasteiger partial charge < -0.3 is 0 Å². The average Bonchev–Trinajstić information content (AvgIpc) is 2.68. The summed E-state index contributed by atoms with van der Waals surface area (Å²) < 4.78 is 2.14. The van der Waals surface area contributed by atoms with Gasteiger partial charge >= 0.3 is 5.82 Å². The van der Waals surface area contributed by atoms with Gasteiger partial charge in [-0.15, -0.1) is 0 Å². The maximum Gasteiger partial charge on any atom is 0.327 e. The van der Waals surface area contributed by atoms with Crippen LogP contribution in [0.1, 0.15) is 89.2 Å². The number of rotatable bonds is 13. The summed E-state index contributed by atoms with van der Waals surface area (Å²) in [6.07, 6.45) is 22.0. The van der Waals surface area contributed by atoms with Crippen LogP contribution in [-0.4, -0.2) is 4.98 Å². The van der Waals surface area contributed by atoms with Crippen molar-refractivity contribution < 1.29 is 4.57 Å². The summed E-state index contributed by atoms with van der Waals surface area (Å²) >= 11 is 0. The zero-order valence-electron chi connectivity index (χ0n) is 16.9. The lowest BCUT2D eigenvalue weighted by atomic mass is 10.1. The molecule has 0 aliphatic heterocycles. The molecule has 2 heteroatoms. The predicted octanol–water partition coefficient (Wildman–Crippen LogP) is 6.38. The molecule has 0 spiro atoms. The van der Waals surface area contributed by atoms with E-state index in [9.17, 15) is 0 Å². The first-order valence-electron chi connectivity index (χ1n) is 10.8. The number of pyridine rings is 2. The number of aromatic nitrogens is 2. The van der Waals surface area contributed by atoms with Gasteiger partial charge in [0.05, 0.1) is 12.4 Å². The smallest absolute Gasteiger partial charge is 0.203 e. The van der Waals surface area contributed by atoms with Gasteiger partial charge in [0, 0.05) is 6.07 Å². The normalized spacial score (nSPS) is 11.0. The van der Waals surface area contributed by atoms with E-state index in [1.165, 1.54) is 81.8 Å². The van der Waals surface area contributed by atoms with Gasteiger partial charge in [0.15, 0.2) is 0 Å². The van der Waals surface area contributed by atoms with Gasteiger partial charge in [0.2, 0.25) is 0 Å². The van der Waals surface area contributed by atoms with Crippen molar-refractivity contribution in [2.45, 2.75) is 90.9 Å². The number of hydrogen-bond donors (Lipinski definition) is 0. The number of aryl methyl sites for hydroxylation is 2. The molecule has 0 fully saturated rings. The Morgan fingerprint density at radius 2 is 1.27 bits per heavy atom. The van der Waals surface area contributed by atoms with Crippen molar-refractivity contribution in [1.29, 1.82) is 0 Å². The van der Waals surface area contributed by atoms with E-state index < -0.39 is 0 Å². The highest BCUT2D eigenvalue weighted by atomic mass is 15.0. The molecule has 2 nitrogen and oxygen atoms in total. The van der Waals surface area contributed by atoms with Gasteiger partial charge in [0.1, 0.15) is 6.20 Å². The Bertz CT molecular complexity index is 604. The van der Waals surface area contributed by atoms with Gasteiger partial charge in [0.25, 0.3) is 0 Å². The Labute approximate surface area is 160 Å². The van der Waals surface area contributed by atoms with Gasteiger partial charge in [-0.3, -0.25) is 0 Å². The molecule has 0 radical (unpaired) electrons. The van der Waals surface area contributed by atoms with Crippen molar-refractivity contribution in [1.82, 2.24) is 4.98 Å². The highest BCUT2D eigenvalue weighted by molar-refractivity contribution is 5.21. The molecule has 0 aromatic carbocycles. The van der Waals surface area contributed by atoms with Crippen molar-refractivity contribution in [3.63, 3.8) is 0 Å². The molecule has 2 heterocycles. The molecule has 0 saturated carbocycles. The maximum absolute atomic E-state index is 4.56. The second-order valence-electron chi connectivity index (χ2n) is 7.46. The van der Waals surface area contributed by atoms with E-state index in [1.807, 2.05) is 6.20 Å². The molecule has 0 saturated heterocycles. The summed E-state index contributed by atoms with van der Waals surface area (Å²) in [6.45, 7) is 4.54. The highest BCUT2D eigenvalue weighted by Crippen LogP contribution is 2.11. The molecule has 2 aromatic heterocycles. The second kappa shape index (κ2) is 12.6. The van der Waals surface area contributed by atoms with E-state index in [4.69, 9.17) is 0 Å². The monoisotopic (exact) mass is 353 g/mol. The molecular weight excluding hydrogens is 316 g/mol. The fourth-order valence-corrected chi connectivity index (χ4v) is 3.40. The van der Waals surface area contributed by atoms with Gasteiger partial charge in [-0.1, -0.05) is 65.2 Å². The molecule has 2 aromatic rings. The minimum absolute atomic E-state index is 1.03. The molecule has 0 aliphatic carbocycles. The van der Waals surface area contributed by atoms with E-state index >= 15 is 0 Å². The average molecular weight is 354 g/mol. The Hall–Kier alpha value is -1.70. The summed E-state index contributed by atoms with van der Waals surface area (Å²) in [7, 11) is 0. The number of hydrogen-bond acceptors (Lipinski definition) is 1. The first kappa shape index (κ1) is 20.6. The fourth-order valence-electron chi connectivity index (χ4n) is 3.40. The Kier molecular flexibility index (Phi) is 10.0. The molecule has 0 atom stereocenters. The van der Waals surface area contributed by atoms with Crippen LogP contribution in [0, 0.1) is 0 Å². The molecule has 26 heavy (non-hydrogen) atoms. The van der Waals surface area contributed by atoms with Gasteiger partial charge in [-0.2, -0.15) is 0 Å². The third kappa shape index (κ3) is 7.68. The molecular formula is C24H37N2+. The summed E-state index contributed by atoms with van der Waals surface area (Å²) in [5.41, 5.74) is 2.84. The highest BCUT2D eigenvalue weighted by Gasteiger charge is 2.08. The van der Waals surface area contributed by atoms with Crippen LogP contribution in [0.4, 0.5) is 0 Å². The zero-order chi connectivity index (χ0) is 18.5. The van der Waals surface area contributed by atoms with Crippen molar-refractivity contribution >= 4 is 0 Å².